The van der Waals surface area contributed by atoms with Crippen LogP contribution < -0.4 is 11.1 Å². The van der Waals surface area contributed by atoms with Crippen LogP contribution in [0, 0.1) is 0 Å². The highest BCUT2D eigenvalue weighted by Crippen LogP contribution is 2.09. The molecule has 0 saturated heterocycles. The SMILES string of the molecule is NCCCNc1ccc2nccnc2n1. The average molecular weight is 203 g/mol. The summed E-state index contributed by atoms with van der Waals surface area (Å²) in [5, 5.41) is 3.18. The fraction of sp³-hybridized carbons (Fsp3) is 0.300. The number of pyridine rings is 1. The predicted octanol–water partition coefficient (Wildman–Crippen LogP) is 0.785. The number of fused-ring (bicyclic) bond motifs is 1. The molecule has 2 rings (SSSR count). The van der Waals surface area contributed by atoms with Gasteiger partial charge in [0.05, 0.1) is 0 Å². The van der Waals surface area contributed by atoms with Crippen molar-refractivity contribution < 1.29 is 0 Å². The van der Waals surface area contributed by atoms with Crippen LogP contribution in [0.5, 0.6) is 0 Å². The largest absolute Gasteiger partial charge is 0.370 e. The van der Waals surface area contributed by atoms with Gasteiger partial charge in [0.1, 0.15) is 11.3 Å². The Balaban J connectivity index is 2.16. The Morgan fingerprint density at radius 1 is 1.20 bits per heavy atom. The maximum absolute atomic E-state index is 5.40. The number of nitrogens with two attached hydrogens (primary N) is 1. The zero-order valence-corrected chi connectivity index (χ0v) is 8.35. The standard InChI is InChI=1S/C10H13N5/c11-4-1-5-13-9-3-2-8-10(15-9)14-7-6-12-8/h2-3,6-7H,1,4-5,11H2,(H,13,14,15). The van der Waals surface area contributed by atoms with Gasteiger partial charge in [-0.3, -0.25) is 4.98 Å². The van der Waals surface area contributed by atoms with Crippen LogP contribution in [-0.2, 0) is 0 Å². The lowest BCUT2D eigenvalue weighted by molar-refractivity contribution is 0.870. The third-order valence-electron chi connectivity index (χ3n) is 2.02. The van der Waals surface area contributed by atoms with E-state index >= 15 is 0 Å². The van der Waals surface area contributed by atoms with E-state index in [2.05, 4.69) is 20.3 Å². The van der Waals surface area contributed by atoms with E-state index < -0.39 is 0 Å². The maximum Gasteiger partial charge on any atom is 0.180 e. The minimum atomic E-state index is 0.662. The number of hydrogen-bond donors (Lipinski definition) is 2. The summed E-state index contributed by atoms with van der Waals surface area (Å²) in [6.07, 6.45) is 4.23. The van der Waals surface area contributed by atoms with Crippen LogP contribution in [0.15, 0.2) is 24.5 Å². The zero-order valence-electron chi connectivity index (χ0n) is 8.35. The number of rotatable bonds is 4. The van der Waals surface area contributed by atoms with Gasteiger partial charge < -0.3 is 11.1 Å². The topological polar surface area (TPSA) is 76.7 Å². The van der Waals surface area contributed by atoms with Crippen molar-refractivity contribution in [3.8, 4) is 0 Å². The second-order valence-corrected chi connectivity index (χ2v) is 3.16. The average Bonchev–Trinajstić information content (AvgIpc) is 2.29. The lowest BCUT2D eigenvalue weighted by atomic mass is 10.4. The van der Waals surface area contributed by atoms with Gasteiger partial charge in [-0.1, -0.05) is 0 Å². The Hall–Kier alpha value is -1.75. The van der Waals surface area contributed by atoms with Gasteiger partial charge in [-0.25, -0.2) is 9.97 Å². The second-order valence-electron chi connectivity index (χ2n) is 3.16. The molecule has 5 nitrogen and oxygen atoms in total. The van der Waals surface area contributed by atoms with Crippen molar-refractivity contribution in [2.75, 3.05) is 18.4 Å². The molecule has 15 heavy (non-hydrogen) atoms. The van der Waals surface area contributed by atoms with Gasteiger partial charge in [0, 0.05) is 18.9 Å². The first kappa shape index (κ1) is 9.79. The minimum absolute atomic E-state index is 0.662. The summed E-state index contributed by atoms with van der Waals surface area (Å²) in [5.74, 6) is 0.816. The van der Waals surface area contributed by atoms with E-state index in [4.69, 9.17) is 5.73 Å². The van der Waals surface area contributed by atoms with Crippen molar-refractivity contribution in [2.45, 2.75) is 6.42 Å². The van der Waals surface area contributed by atoms with Gasteiger partial charge in [0.2, 0.25) is 0 Å². The summed E-state index contributed by atoms with van der Waals surface area (Å²) in [4.78, 5) is 12.6. The molecule has 2 aromatic rings. The monoisotopic (exact) mass is 203 g/mol. The van der Waals surface area contributed by atoms with E-state index in [9.17, 15) is 0 Å². The molecule has 0 amide bonds. The van der Waals surface area contributed by atoms with Crippen molar-refractivity contribution >= 4 is 17.0 Å². The lowest BCUT2D eigenvalue weighted by Crippen LogP contribution is -2.09. The normalized spacial score (nSPS) is 10.5. The van der Waals surface area contributed by atoms with E-state index in [1.807, 2.05) is 12.1 Å². The van der Waals surface area contributed by atoms with E-state index in [1.165, 1.54) is 0 Å². The quantitative estimate of drug-likeness (QED) is 0.718. The number of aromatic nitrogens is 3. The summed E-state index contributed by atoms with van der Waals surface area (Å²) >= 11 is 0. The molecular weight excluding hydrogens is 190 g/mol. The predicted molar refractivity (Wildman–Crippen MR) is 59.5 cm³/mol. The molecule has 2 aromatic heterocycles. The van der Waals surface area contributed by atoms with Gasteiger partial charge in [-0.15, -0.1) is 0 Å². The minimum Gasteiger partial charge on any atom is -0.370 e. The number of nitrogens with one attached hydrogen (secondary N) is 1. The molecule has 0 unspecified atom stereocenters. The van der Waals surface area contributed by atoms with Crippen molar-refractivity contribution in [1.29, 1.82) is 0 Å². The molecule has 3 N–H and O–H groups in total. The third kappa shape index (κ3) is 2.38. The van der Waals surface area contributed by atoms with Gasteiger partial charge >= 0.3 is 0 Å². The van der Waals surface area contributed by atoms with Crippen molar-refractivity contribution in [2.24, 2.45) is 5.73 Å². The molecule has 2 heterocycles. The summed E-state index contributed by atoms with van der Waals surface area (Å²) in [7, 11) is 0. The highest BCUT2D eigenvalue weighted by molar-refractivity contribution is 5.71. The summed E-state index contributed by atoms with van der Waals surface area (Å²) < 4.78 is 0. The molecule has 0 atom stereocenters. The van der Waals surface area contributed by atoms with Crippen molar-refractivity contribution in [3.63, 3.8) is 0 Å². The van der Waals surface area contributed by atoms with E-state index in [-0.39, 0.29) is 0 Å². The van der Waals surface area contributed by atoms with Gasteiger partial charge in [-0.2, -0.15) is 0 Å². The number of hydrogen-bond acceptors (Lipinski definition) is 5. The van der Waals surface area contributed by atoms with Crippen molar-refractivity contribution in [1.82, 2.24) is 15.0 Å². The molecule has 0 spiro atoms. The summed E-state index contributed by atoms with van der Waals surface area (Å²) in [6.45, 7) is 1.51. The van der Waals surface area contributed by atoms with Gasteiger partial charge in [0.25, 0.3) is 0 Å². The van der Waals surface area contributed by atoms with Gasteiger partial charge in [-0.05, 0) is 25.1 Å². The van der Waals surface area contributed by atoms with Gasteiger partial charge in [0.15, 0.2) is 5.65 Å². The van der Waals surface area contributed by atoms with Crippen LogP contribution in [0.2, 0.25) is 0 Å². The highest BCUT2D eigenvalue weighted by atomic mass is 15.0. The highest BCUT2D eigenvalue weighted by Gasteiger charge is 1.98. The first-order valence-corrected chi connectivity index (χ1v) is 4.92. The first-order chi connectivity index (χ1) is 7.40. The summed E-state index contributed by atoms with van der Waals surface area (Å²) in [5.41, 5.74) is 6.87. The molecule has 0 aliphatic rings. The zero-order chi connectivity index (χ0) is 10.5. The number of anilines is 1. The Bertz CT molecular complexity index is 443. The molecule has 0 fully saturated rings. The molecule has 0 aliphatic heterocycles. The molecule has 78 valence electrons. The molecule has 0 bridgehead atoms. The molecule has 5 heteroatoms. The third-order valence-corrected chi connectivity index (χ3v) is 2.02. The smallest absolute Gasteiger partial charge is 0.180 e. The molecule has 0 aromatic carbocycles. The van der Waals surface area contributed by atoms with E-state index in [0.29, 0.717) is 12.2 Å². The van der Waals surface area contributed by atoms with E-state index in [0.717, 1.165) is 24.3 Å². The van der Waals surface area contributed by atoms with Crippen LogP contribution in [-0.4, -0.2) is 28.0 Å². The number of nitrogens with zero attached hydrogens (tertiary/aromatic N) is 3. The molecular formula is C10H13N5. The van der Waals surface area contributed by atoms with Crippen LogP contribution >= 0.6 is 0 Å². The fourth-order valence-corrected chi connectivity index (χ4v) is 1.27. The first-order valence-electron chi connectivity index (χ1n) is 4.92. The van der Waals surface area contributed by atoms with E-state index in [1.54, 1.807) is 12.4 Å². The Kier molecular flexibility index (Phi) is 3.04. The molecule has 0 saturated carbocycles. The summed E-state index contributed by atoms with van der Waals surface area (Å²) in [6, 6.07) is 3.80. The second kappa shape index (κ2) is 4.65. The maximum atomic E-state index is 5.40. The fourth-order valence-electron chi connectivity index (χ4n) is 1.27. The van der Waals surface area contributed by atoms with Crippen molar-refractivity contribution in [3.05, 3.63) is 24.5 Å². The van der Waals surface area contributed by atoms with Crippen LogP contribution in [0.3, 0.4) is 0 Å². The van der Waals surface area contributed by atoms with Crippen LogP contribution in [0.1, 0.15) is 6.42 Å². The Morgan fingerprint density at radius 2 is 2.07 bits per heavy atom. The van der Waals surface area contributed by atoms with Crippen LogP contribution in [0.4, 0.5) is 5.82 Å². The lowest BCUT2D eigenvalue weighted by Gasteiger charge is -2.04. The van der Waals surface area contributed by atoms with Crippen LogP contribution in [0.25, 0.3) is 11.2 Å². The molecule has 0 aliphatic carbocycles. The Morgan fingerprint density at radius 3 is 2.93 bits per heavy atom. The Labute approximate surface area is 87.8 Å². The molecule has 0 radical (unpaired) electrons.